The molecule has 1 N–H and O–H groups in total. The van der Waals surface area contributed by atoms with Gasteiger partial charge in [-0.25, -0.2) is 4.79 Å². The van der Waals surface area contributed by atoms with Crippen molar-refractivity contribution in [3.63, 3.8) is 0 Å². The maximum absolute atomic E-state index is 10.6. The van der Waals surface area contributed by atoms with Crippen molar-refractivity contribution in [2.45, 2.75) is 8.31 Å². The molecule has 3 nitrogen and oxygen atoms in total. The van der Waals surface area contributed by atoms with Crippen molar-refractivity contribution in [1.82, 2.24) is 0 Å². The second-order valence-electron chi connectivity index (χ2n) is 2.95. The molecule has 1 aromatic rings. The van der Waals surface area contributed by atoms with Crippen molar-refractivity contribution in [1.29, 1.82) is 0 Å². The minimum Gasteiger partial charge on any atom is -0.478 e. The minimum atomic E-state index is -2.08. The molecule has 0 unspecified atom stereocenters. The van der Waals surface area contributed by atoms with E-state index in [-0.39, 0.29) is 11.3 Å². The molecule has 0 heterocycles. The molecular weight excluding hydrogens is 333 g/mol. The molecule has 0 fully saturated rings. The predicted octanol–water partition coefficient (Wildman–Crippen LogP) is 4.27. The molecule has 0 atom stereocenters. The topological polar surface area (TPSA) is 46.5 Å². The van der Waals surface area contributed by atoms with Crippen LogP contribution in [0, 0.1) is 0 Å². The zero-order valence-electron chi connectivity index (χ0n) is 7.96. The lowest BCUT2D eigenvalue weighted by Gasteiger charge is -2.27. The Balaban J connectivity index is 2.86. The number of hydrogen-bond donors (Lipinski definition) is 1. The average Bonchev–Trinajstić information content (AvgIpc) is 2.16. The number of hydrogen-bond acceptors (Lipinski definition) is 2. The lowest BCUT2D eigenvalue weighted by atomic mass is 10.2. The molecule has 0 radical (unpaired) electrons. The highest BCUT2D eigenvalue weighted by Gasteiger charge is 2.48. The van der Waals surface area contributed by atoms with Crippen LogP contribution in [-0.4, -0.2) is 19.4 Å². The van der Waals surface area contributed by atoms with Crippen LogP contribution in [0.3, 0.4) is 0 Å². The number of carboxylic acid groups (broad SMARTS) is 1. The summed E-state index contributed by atoms with van der Waals surface area (Å²) < 4.78 is 0.908. The first-order chi connectivity index (χ1) is 7.63. The van der Waals surface area contributed by atoms with Gasteiger partial charge in [0.1, 0.15) is 5.75 Å². The molecular formula is C9H5Cl5O3. The van der Waals surface area contributed by atoms with E-state index in [1.165, 1.54) is 24.3 Å². The van der Waals surface area contributed by atoms with E-state index in [9.17, 15) is 4.79 Å². The van der Waals surface area contributed by atoms with Crippen molar-refractivity contribution in [2.75, 3.05) is 0 Å². The quantitative estimate of drug-likeness (QED) is 0.838. The van der Waals surface area contributed by atoms with Crippen LogP contribution in [-0.2, 0) is 0 Å². The van der Waals surface area contributed by atoms with Gasteiger partial charge >= 0.3 is 10.5 Å². The SMILES string of the molecule is O=C(O)c1ccc(OC(Cl)(Cl)C(Cl)(Cl)Cl)cc1. The van der Waals surface area contributed by atoms with Crippen molar-refractivity contribution >= 4 is 64.0 Å². The highest BCUT2D eigenvalue weighted by atomic mass is 35.6. The van der Waals surface area contributed by atoms with Gasteiger partial charge in [-0.15, -0.1) is 0 Å². The van der Waals surface area contributed by atoms with Gasteiger partial charge in [-0.3, -0.25) is 0 Å². The lowest BCUT2D eigenvalue weighted by Crippen LogP contribution is -2.37. The van der Waals surface area contributed by atoms with Crippen molar-refractivity contribution in [2.24, 2.45) is 0 Å². The standard InChI is InChI=1S/C9H5Cl5O3/c10-8(11,12)9(13,14)17-6-3-1-5(2-4-6)7(15)16/h1-4H,(H,15,16). The molecule has 0 saturated heterocycles. The largest absolute Gasteiger partial charge is 0.478 e. The first-order valence-electron chi connectivity index (χ1n) is 4.10. The fraction of sp³-hybridized carbons (Fsp3) is 0.222. The van der Waals surface area contributed by atoms with Crippen LogP contribution in [0.15, 0.2) is 24.3 Å². The first-order valence-corrected chi connectivity index (χ1v) is 5.99. The van der Waals surface area contributed by atoms with E-state index in [4.69, 9.17) is 67.8 Å². The summed E-state index contributed by atoms with van der Waals surface area (Å²) in [6.07, 6.45) is 0. The maximum Gasteiger partial charge on any atom is 0.335 e. The lowest BCUT2D eigenvalue weighted by molar-refractivity contribution is 0.0697. The average molecular weight is 338 g/mol. The number of rotatable bonds is 3. The highest BCUT2D eigenvalue weighted by Crippen LogP contribution is 2.46. The van der Waals surface area contributed by atoms with Crippen LogP contribution in [0.4, 0.5) is 0 Å². The second-order valence-corrected chi connectivity index (χ2v) is 6.49. The normalized spacial score (nSPS) is 12.3. The Morgan fingerprint density at radius 1 is 1.06 bits per heavy atom. The van der Waals surface area contributed by atoms with E-state index >= 15 is 0 Å². The van der Waals surface area contributed by atoms with Crippen molar-refractivity contribution in [3.05, 3.63) is 29.8 Å². The van der Waals surface area contributed by atoms with Gasteiger partial charge in [0.15, 0.2) is 0 Å². The van der Waals surface area contributed by atoms with Crippen LogP contribution in [0.2, 0.25) is 0 Å². The Morgan fingerprint density at radius 3 is 1.88 bits per heavy atom. The summed E-state index contributed by atoms with van der Waals surface area (Å²) in [5, 5.41) is 8.68. The van der Waals surface area contributed by atoms with Crippen LogP contribution in [0.1, 0.15) is 10.4 Å². The zero-order valence-corrected chi connectivity index (χ0v) is 11.7. The summed E-state index contributed by atoms with van der Waals surface area (Å²) in [6, 6.07) is 5.30. The number of carboxylic acids is 1. The number of carbonyl (C=O) groups is 1. The molecule has 94 valence electrons. The molecule has 0 bridgehead atoms. The molecule has 0 saturated carbocycles. The molecule has 0 aliphatic rings. The Kier molecular flexibility index (Phi) is 4.67. The molecule has 1 aromatic carbocycles. The van der Waals surface area contributed by atoms with E-state index in [1.807, 2.05) is 0 Å². The Hall–Kier alpha value is -0.0600. The van der Waals surface area contributed by atoms with Crippen LogP contribution in [0.25, 0.3) is 0 Å². The van der Waals surface area contributed by atoms with Gasteiger partial charge in [0.2, 0.25) is 0 Å². The third kappa shape index (κ3) is 3.97. The Bertz CT molecular complexity index is 410. The summed E-state index contributed by atoms with van der Waals surface area (Å²) in [5.74, 6) is -0.896. The van der Waals surface area contributed by atoms with Crippen LogP contribution < -0.4 is 4.74 Å². The summed E-state index contributed by atoms with van der Waals surface area (Å²) in [5.41, 5.74) is 0.0842. The molecule has 0 aliphatic heterocycles. The zero-order chi connectivity index (χ0) is 13.3. The molecule has 17 heavy (non-hydrogen) atoms. The summed E-state index contributed by atoms with van der Waals surface area (Å²) >= 11 is 27.9. The number of halogens is 5. The van der Waals surface area contributed by atoms with Crippen molar-refractivity contribution in [3.8, 4) is 5.75 Å². The third-order valence-electron chi connectivity index (χ3n) is 1.68. The number of alkyl halides is 5. The van der Waals surface area contributed by atoms with Gasteiger partial charge in [0.05, 0.1) is 5.56 Å². The van der Waals surface area contributed by atoms with Gasteiger partial charge in [-0.1, -0.05) is 58.0 Å². The highest BCUT2D eigenvalue weighted by molar-refractivity contribution is 6.75. The third-order valence-corrected chi connectivity index (χ3v) is 3.78. The van der Waals surface area contributed by atoms with E-state index in [0.717, 1.165) is 0 Å². The van der Waals surface area contributed by atoms with Gasteiger partial charge in [-0.2, -0.15) is 0 Å². The van der Waals surface area contributed by atoms with E-state index < -0.39 is 14.3 Å². The monoisotopic (exact) mass is 336 g/mol. The Labute approximate surface area is 122 Å². The van der Waals surface area contributed by atoms with Crippen LogP contribution in [0.5, 0.6) is 5.75 Å². The minimum absolute atomic E-state index is 0.0842. The van der Waals surface area contributed by atoms with Crippen molar-refractivity contribution < 1.29 is 14.6 Å². The number of benzene rings is 1. The van der Waals surface area contributed by atoms with Gasteiger partial charge < -0.3 is 9.84 Å². The van der Waals surface area contributed by atoms with Crippen LogP contribution >= 0.6 is 58.0 Å². The molecule has 0 aromatic heterocycles. The number of ether oxygens (including phenoxy) is 1. The smallest absolute Gasteiger partial charge is 0.335 e. The number of aromatic carboxylic acids is 1. The molecule has 0 aliphatic carbocycles. The fourth-order valence-electron chi connectivity index (χ4n) is 0.871. The molecule has 0 amide bonds. The molecule has 8 heteroatoms. The maximum atomic E-state index is 10.6. The first kappa shape index (κ1) is 15.0. The molecule has 1 rings (SSSR count). The van der Waals surface area contributed by atoms with E-state index in [1.54, 1.807) is 0 Å². The second kappa shape index (κ2) is 5.29. The van der Waals surface area contributed by atoms with Gasteiger partial charge in [0.25, 0.3) is 3.79 Å². The molecule has 0 spiro atoms. The van der Waals surface area contributed by atoms with E-state index in [2.05, 4.69) is 0 Å². The van der Waals surface area contributed by atoms with Gasteiger partial charge in [0, 0.05) is 0 Å². The van der Waals surface area contributed by atoms with E-state index in [0.29, 0.717) is 0 Å². The summed E-state index contributed by atoms with van der Waals surface area (Å²) in [4.78, 5) is 10.6. The fourth-order valence-corrected chi connectivity index (χ4v) is 1.17. The van der Waals surface area contributed by atoms with Gasteiger partial charge in [-0.05, 0) is 24.3 Å². The summed E-state index contributed by atoms with van der Waals surface area (Å²) in [6.45, 7) is 0. The Morgan fingerprint density at radius 2 is 1.53 bits per heavy atom. The summed E-state index contributed by atoms with van der Waals surface area (Å²) in [7, 11) is 0. The predicted molar refractivity (Wildman–Crippen MR) is 68.8 cm³/mol.